The fourth-order valence-electron chi connectivity index (χ4n) is 1.42. The highest BCUT2D eigenvalue weighted by molar-refractivity contribution is 7.87. The topological polar surface area (TPSA) is 84.4 Å². The van der Waals surface area contributed by atoms with Crippen LogP contribution in [0, 0.1) is 0 Å². The second kappa shape index (κ2) is 5.05. The normalized spacial score (nSPS) is 16.6. The lowest BCUT2D eigenvalue weighted by Gasteiger charge is -2.35. The van der Waals surface area contributed by atoms with Crippen LogP contribution >= 0.6 is 0 Å². The summed E-state index contributed by atoms with van der Waals surface area (Å²) >= 11 is 0. The van der Waals surface area contributed by atoms with E-state index in [-0.39, 0.29) is 12.0 Å². The van der Waals surface area contributed by atoms with Gasteiger partial charge in [0.05, 0.1) is 6.04 Å². The van der Waals surface area contributed by atoms with E-state index in [1.54, 1.807) is 11.9 Å². The molecule has 112 valence electrons. The number of aromatic nitrogens is 2. The molecule has 0 aromatic carbocycles. The third-order valence-electron chi connectivity index (χ3n) is 2.72. The van der Waals surface area contributed by atoms with E-state index in [2.05, 4.69) is 19.5 Å². The lowest BCUT2D eigenvalue weighted by molar-refractivity contribution is -0.0501. The molecule has 1 fully saturated rings. The van der Waals surface area contributed by atoms with Gasteiger partial charge in [0.25, 0.3) is 0 Å². The number of alkyl halides is 3. The highest BCUT2D eigenvalue weighted by atomic mass is 32.2. The number of hydrogen-bond donors (Lipinski definition) is 1. The van der Waals surface area contributed by atoms with Gasteiger partial charge in [0.15, 0.2) is 0 Å². The second-order valence-electron chi connectivity index (χ2n) is 4.10. The molecule has 1 saturated heterocycles. The van der Waals surface area contributed by atoms with Gasteiger partial charge in [-0.3, -0.25) is 0 Å². The molecule has 0 saturated carbocycles. The molecule has 1 aliphatic heterocycles. The van der Waals surface area contributed by atoms with Crippen LogP contribution in [0.3, 0.4) is 0 Å². The first-order valence-corrected chi connectivity index (χ1v) is 6.89. The van der Waals surface area contributed by atoms with Crippen molar-refractivity contribution in [1.29, 1.82) is 0 Å². The summed E-state index contributed by atoms with van der Waals surface area (Å²) in [5.41, 5.74) is -5.50. The Kier molecular flexibility index (Phi) is 3.73. The molecule has 2 rings (SSSR count). The quantitative estimate of drug-likeness (QED) is 0.624. The van der Waals surface area contributed by atoms with E-state index in [4.69, 9.17) is 0 Å². The monoisotopic (exact) mass is 312 g/mol. The van der Waals surface area contributed by atoms with E-state index in [9.17, 15) is 21.6 Å². The molecular weight excluding hydrogens is 301 g/mol. The van der Waals surface area contributed by atoms with Crippen molar-refractivity contribution in [2.24, 2.45) is 0 Å². The van der Waals surface area contributed by atoms with Gasteiger partial charge in [0, 0.05) is 32.4 Å². The van der Waals surface area contributed by atoms with E-state index in [1.165, 1.54) is 0 Å². The van der Waals surface area contributed by atoms with E-state index < -0.39 is 21.5 Å². The van der Waals surface area contributed by atoms with Crippen LogP contribution in [-0.2, 0) is 10.1 Å². The zero-order valence-electron chi connectivity index (χ0n) is 10.3. The highest BCUT2D eigenvalue weighted by Crippen LogP contribution is 2.26. The summed E-state index contributed by atoms with van der Waals surface area (Å²) in [7, 11) is -4.07. The molecule has 7 nitrogen and oxygen atoms in total. The average molecular weight is 312 g/mol. The molecule has 1 N–H and O–H groups in total. The number of halogens is 3. The van der Waals surface area contributed by atoms with Crippen molar-refractivity contribution in [1.82, 2.24) is 15.3 Å². The molecule has 1 aromatic rings. The maximum atomic E-state index is 12.2. The summed E-state index contributed by atoms with van der Waals surface area (Å²) in [6.07, 6.45) is 1.13. The summed E-state index contributed by atoms with van der Waals surface area (Å²) in [6, 6.07) is 1.05. The van der Waals surface area contributed by atoms with Gasteiger partial charge in [0.2, 0.25) is 11.8 Å². The van der Waals surface area contributed by atoms with Crippen LogP contribution in [0.4, 0.5) is 19.1 Å². The molecule has 0 aliphatic carbocycles. The van der Waals surface area contributed by atoms with Gasteiger partial charge >= 0.3 is 15.6 Å². The molecule has 0 radical (unpaired) electrons. The number of hydrogen-bond acceptors (Lipinski definition) is 7. The fourth-order valence-corrected chi connectivity index (χ4v) is 1.83. The maximum absolute atomic E-state index is 12.2. The molecule has 0 unspecified atom stereocenters. The van der Waals surface area contributed by atoms with Crippen molar-refractivity contribution >= 4 is 16.1 Å². The lowest BCUT2D eigenvalue weighted by atomic mass is 10.1. The Labute approximate surface area is 112 Å². The largest absolute Gasteiger partial charge is 0.534 e. The van der Waals surface area contributed by atoms with Crippen molar-refractivity contribution < 1.29 is 25.8 Å². The van der Waals surface area contributed by atoms with Crippen molar-refractivity contribution in [3.63, 3.8) is 0 Å². The van der Waals surface area contributed by atoms with Gasteiger partial charge in [-0.2, -0.15) is 26.6 Å². The molecule has 0 amide bonds. The third kappa shape index (κ3) is 2.93. The number of rotatable bonds is 4. The Morgan fingerprint density at radius 2 is 2.10 bits per heavy atom. The van der Waals surface area contributed by atoms with Gasteiger partial charge < -0.3 is 14.4 Å². The van der Waals surface area contributed by atoms with E-state index in [0.717, 1.165) is 12.3 Å². The van der Waals surface area contributed by atoms with Crippen molar-refractivity contribution in [2.45, 2.75) is 11.6 Å². The summed E-state index contributed by atoms with van der Waals surface area (Å²) in [5.74, 6) is -0.585. The van der Waals surface area contributed by atoms with Gasteiger partial charge in [0.1, 0.15) is 0 Å². The van der Waals surface area contributed by atoms with Gasteiger partial charge in [-0.25, -0.2) is 4.98 Å². The minimum atomic E-state index is -5.73. The van der Waals surface area contributed by atoms with Gasteiger partial charge in [-0.1, -0.05) is 0 Å². The zero-order valence-corrected chi connectivity index (χ0v) is 11.1. The number of anilines is 1. The van der Waals surface area contributed by atoms with Gasteiger partial charge in [-0.05, 0) is 0 Å². The fraction of sp³-hybridized carbons (Fsp3) is 0.556. The van der Waals surface area contributed by atoms with Crippen molar-refractivity contribution in [2.75, 3.05) is 25.0 Å². The van der Waals surface area contributed by atoms with Crippen LogP contribution in [0.2, 0.25) is 0 Å². The zero-order chi connectivity index (χ0) is 15.0. The summed E-state index contributed by atoms with van der Waals surface area (Å²) in [5, 5.41) is 3.01. The molecule has 1 aliphatic rings. The Morgan fingerprint density at radius 3 is 2.60 bits per heavy atom. The SMILES string of the molecule is CN(c1nccc(OS(=O)(=O)C(F)(F)F)n1)C1CNC1. The van der Waals surface area contributed by atoms with Crippen LogP contribution in [0.25, 0.3) is 0 Å². The molecule has 2 heterocycles. The average Bonchev–Trinajstić information content (AvgIpc) is 2.24. The Balaban J connectivity index is 2.18. The smallest absolute Gasteiger partial charge is 0.355 e. The van der Waals surface area contributed by atoms with Crippen molar-refractivity contribution in [3.05, 3.63) is 12.3 Å². The molecule has 11 heteroatoms. The van der Waals surface area contributed by atoms with E-state index in [1.807, 2.05) is 0 Å². The Bertz CT molecular complexity index is 588. The summed E-state index contributed by atoms with van der Waals surface area (Å²) in [6.45, 7) is 1.37. The molecule has 0 spiro atoms. The first kappa shape index (κ1) is 14.8. The highest BCUT2D eigenvalue weighted by Gasteiger charge is 2.48. The molecule has 1 aromatic heterocycles. The Hall–Kier alpha value is -1.62. The minimum absolute atomic E-state index is 0.0892. The van der Waals surface area contributed by atoms with E-state index in [0.29, 0.717) is 13.1 Å². The van der Waals surface area contributed by atoms with Crippen LogP contribution in [0.15, 0.2) is 12.3 Å². The number of nitrogens with one attached hydrogen (secondary N) is 1. The van der Waals surface area contributed by atoms with Crippen LogP contribution in [0.5, 0.6) is 5.88 Å². The predicted octanol–water partition coefficient (Wildman–Crippen LogP) is 0.113. The van der Waals surface area contributed by atoms with Crippen LogP contribution in [0.1, 0.15) is 0 Å². The first-order chi connectivity index (χ1) is 9.21. The second-order valence-corrected chi connectivity index (χ2v) is 5.64. The van der Waals surface area contributed by atoms with Gasteiger partial charge in [-0.15, -0.1) is 0 Å². The van der Waals surface area contributed by atoms with Crippen molar-refractivity contribution in [3.8, 4) is 5.88 Å². The molecule has 0 bridgehead atoms. The van der Waals surface area contributed by atoms with E-state index >= 15 is 0 Å². The predicted molar refractivity (Wildman–Crippen MR) is 62.7 cm³/mol. The maximum Gasteiger partial charge on any atom is 0.534 e. The summed E-state index contributed by atoms with van der Waals surface area (Å²) in [4.78, 5) is 9.15. The third-order valence-corrected chi connectivity index (χ3v) is 3.68. The Morgan fingerprint density at radius 1 is 1.45 bits per heavy atom. The standard InChI is InChI=1S/C9H11F3N4O3S/c1-16(6-4-13-5-6)8-14-3-2-7(15-8)19-20(17,18)9(10,11)12/h2-3,6,13H,4-5H2,1H3. The number of nitrogens with zero attached hydrogens (tertiary/aromatic N) is 3. The molecule has 20 heavy (non-hydrogen) atoms. The molecule has 0 atom stereocenters. The summed E-state index contributed by atoms with van der Waals surface area (Å²) < 4.78 is 62.3. The van der Waals surface area contributed by atoms with Crippen LogP contribution in [-0.4, -0.2) is 50.1 Å². The minimum Gasteiger partial charge on any atom is -0.355 e. The van der Waals surface area contributed by atoms with Crippen LogP contribution < -0.4 is 14.4 Å². The first-order valence-electron chi connectivity index (χ1n) is 5.48. The number of likely N-dealkylation sites (N-methyl/N-ethyl adjacent to an activating group) is 1. The molecular formula is C9H11F3N4O3S. The lowest BCUT2D eigenvalue weighted by Crippen LogP contribution is -2.56.